The van der Waals surface area contributed by atoms with Gasteiger partial charge in [-0.25, -0.2) is 57.5 Å². The fourth-order valence-electron chi connectivity index (χ4n) is 34.0. The van der Waals surface area contributed by atoms with Crippen LogP contribution in [0.4, 0.5) is 0 Å². The maximum atomic E-state index is 12.2. The zero-order valence-corrected chi connectivity index (χ0v) is 79.7. The highest BCUT2D eigenvalue weighted by molar-refractivity contribution is 5.90. The Morgan fingerprint density at radius 1 is 0.233 bits per heavy atom. The fourth-order valence-corrected chi connectivity index (χ4v) is 34.0. The summed E-state index contributed by atoms with van der Waals surface area (Å²) in [5.74, 6) is -6.44. The first-order valence-electron chi connectivity index (χ1n) is 47.0. The molecule has 32 heteroatoms. The van der Waals surface area contributed by atoms with Crippen molar-refractivity contribution >= 4 is 71.6 Å². The van der Waals surface area contributed by atoms with Gasteiger partial charge in [0.1, 0.15) is 33.6 Å². The van der Waals surface area contributed by atoms with Crippen LogP contribution in [0.5, 0.6) is 0 Å². The van der Waals surface area contributed by atoms with Gasteiger partial charge < -0.3 is 97.7 Å². The molecule has 24 aliphatic carbocycles. The predicted octanol–water partition coefficient (Wildman–Crippen LogP) is 10.6. The second kappa shape index (κ2) is 34.7. The van der Waals surface area contributed by atoms with Crippen LogP contribution in [0.25, 0.3) is 0 Å². The number of ether oxygens (including phenoxy) is 12. The molecule has 0 aromatic heterocycles. The van der Waals surface area contributed by atoms with Crippen molar-refractivity contribution in [1.82, 2.24) is 0 Å². The van der Waals surface area contributed by atoms with E-state index in [0.29, 0.717) is 115 Å². The minimum absolute atomic E-state index is 0.00686. The molecule has 24 aliphatic rings. The van der Waals surface area contributed by atoms with Gasteiger partial charge in [0.15, 0.2) is 39.6 Å². The Bertz CT molecular complexity index is 4320. The molecule has 32 nitrogen and oxygen atoms in total. The lowest BCUT2D eigenvalue weighted by atomic mass is 9.42. The number of aliphatic hydroxyl groups is 8. The topological polar surface area (TPSA) is 477 Å². The highest BCUT2D eigenvalue weighted by Crippen LogP contribution is 2.73. The van der Waals surface area contributed by atoms with E-state index in [0.717, 1.165) is 147 Å². The molecule has 24 fully saturated rings. The van der Waals surface area contributed by atoms with E-state index in [4.69, 9.17) is 52.1 Å². The summed E-state index contributed by atoms with van der Waals surface area (Å²) in [6.07, 6.45) is 27.7. The van der Waals surface area contributed by atoms with Crippen molar-refractivity contribution in [3.63, 3.8) is 0 Å². The molecule has 0 aromatic rings. The molecule has 738 valence electrons. The van der Waals surface area contributed by atoms with Crippen molar-refractivity contribution in [2.24, 2.45) is 55.2 Å². The Hall–Kier alpha value is -8.24. The maximum Gasteiger partial charge on any atom is 0.344 e. The molecule has 0 aliphatic heterocycles. The number of esters is 12. The third-order valence-corrected chi connectivity index (χ3v) is 31.5. The highest BCUT2D eigenvalue weighted by Gasteiger charge is 2.73. The summed E-state index contributed by atoms with van der Waals surface area (Å²) in [6.45, 7) is 39.3. The Morgan fingerprint density at radius 3 is 0.609 bits per heavy atom. The maximum absolute atomic E-state index is 12.2. The zero-order chi connectivity index (χ0) is 98.1. The first-order chi connectivity index (χ1) is 61.0. The minimum atomic E-state index is -0.993. The zero-order valence-electron chi connectivity index (χ0n) is 79.7. The Kier molecular flexibility index (Phi) is 26.7. The number of hydrogen-bond donors (Lipinski definition) is 8. The van der Waals surface area contributed by atoms with E-state index in [1.807, 2.05) is 13.8 Å². The quantitative estimate of drug-likeness (QED) is 0.0253. The molecule has 16 unspecified atom stereocenters. The van der Waals surface area contributed by atoms with E-state index in [1.165, 1.54) is 20.8 Å². The summed E-state index contributed by atoms with van der Waals surface area (Å²) in [7, 11) is 0. The van der Waals surface area contributed by atoms with Gasteiger partial charge in [0.2, 0.25) is 0 Å². The Balaban J connectivity index is 0.000000136. The largest absolute Gasteiger partial charge is 0.456 e. The summed E-state index contributed by atoms with van der Waals surface area (Å²) in [4.78, 5) is 139. The third-order valence-electron chi connectivity index (χ3n) is 31.5. The van der Waals surface area contributed by atoms with Crippen molar-refractivity contribution in [1.29, 1.82) is 0 Å². The third kappa shape index (κ3) is 23.4. The van der Waals surface area contributed by atoms with E-state index >= 15 is 0 Å². The number of hydrogen-bond acceptors (Lipinski definition) is 32. The molecule has 0 heterocycles. The minimum Gasteiger partial charge on any atom is -0.456 e. The van der Waals surface area contributed by atoms with Gasteiger partial charge in [-0.05, 0) is 243 Å². The molecule has 0 spiro atoms. The molecule has 0 amide bonds. The molecule has 24 bridgehead atoms. The van der Waals surface area contributed by atoms with Crippen molar-refractivity contribution < 1.29 is 155 Å². The summed E-state index contributed by atoms with van der Waals surface area (Å²) in [5, 5.41) is 86.2. The highest BCUT2D eigenvalue weighted by atomic mass is 16.6. The number of carbonyl (C=O) groups excluding carboxylic acids is 12. The molecule has 16 atom stereocenters. The average molecular weight is 1870 g/mol. The van der Waals surface area contributed by atoms with Crippen molar-refractivity contribution in [2.45, 2.75) is 386 Å². The van der Waals surface area contributed by atoms with Gasteiger partial charge in [-0.3, -0.25) is 0 Å². The van der Waals surface area contributed by atoms with E-state index in [2.05, 4.69) is 85.8 Å². The van der Waals surface area contributed by atoms with Crippen molar-refractivity contribution in [2.75, 3.05) is 39.6 Å². The van der Waals surface area contributed by atoms with Crippen LogP contribution >= 0.6 is 0 Å². The molecule has 24 rings (SSSR count). The Labute approximate surface area is 778 Å². The normalized spacial score (nSPS) is 44.1. The van der Waals surface area contributed by atoms with Gasteiger partial charge in [-0.1, -0.05) is 94.9 Å². The SMILES string of the molecule is C=C(C)C(=O)OCC(=O)OC12CC3(C)CC(C)(CC(O)(C3)C1)C2.C=C(C)C(=O)OCC(=O)OC12CC3(C)CC(O)(CC(O)(C3)C1)C2.C=C(C)C(=O)OCC(=O)OC12CC3CC(C)(CC(O)(C3)C1)C2.C=CC(=O)OCC(=O)OC12CC3(C)CC(C)(CC(O)(C3)C1)C2.C=CC(=O)OCC(=O)OC12CC3(C)CC(O)(CC(O)(C3)C1)C2.C=CC(=O)OCC(=O)OC12CC3CC(C)(CC(O)(C3)C1)C2. The summed E-state index contributed by atoms with van der Waals surface area (Å²) >= 11 is 0. The van der Waals surface area contributed by atoms with Gasteiger partial charge in [0.05, 0.1) is 44.8 Å². The average Bonchev–Trinajstić information content (AvgIpc) is 0.686. The van der Waals surface area contributed by atoms with Crippen LogP contribution in [0.3, 0.4) is 0 Å². The monoisotopic (exact) mass is 1870 g/mol. The Morgan fingerprint density at radius 2 is 0.414 bits per heavy atom. The van der Waals surface area contributed by atoms with Crippen LogP contribution in [0.15, 0.2) is 74.4 Å². The summed E-state index contributed by atoms with van der Waals surface area (Å²) in [5.41, 5.74) is -10.7. The van der Waals surface area contributed by atoms with Crippen LogP contribution < -0.4 is 0 Å². The predicted molar refractivity (Wildman–Crippen MR) is 471 cm³/mol. The van der Waals surface area contributed by atoms with E-state index in [-0.39, 0.29) is 60.0 Å². The molecule has 0 saturated heterocycles. The number of carbonyl (C=O) groups is 12. The van der Waals surface area contributed by atoms with Crippen molar-refractivity contribution in [3.8, 4) is 0 Å². The van der Waals surface area contributed by atoms with Gasteiger partial charge >= 0.3 is 71.6 Å². The van der Waals surface area contributed by atoms with E-state index < -0.39 is 190 Å². The number of rotatable bonds is 24. The van der Waals surface area contributed by atoms with Crippen LogP contribution in [0.2, 0.25) is 0 Å². The van der Waals surface area contributed by atoms with Crippen LogP contribution in [-0.4, -0.2) is 231 Å². The molecule has 0 aromatic carbocycles. The molecular formula is C101H142O32. The van der Waals surface area contributed by atoms with E-state index in [1.54, 1.807) is 0 Å². The molecule has 133 heavy (non-hydrogen) atoms. The smallest absolute Gasteiger partial charge is 0.344 e. The summed E-state index contributed by atoms with van der Waals surface area (Å²) in [6, 6.07) is 0. The summed E-state index contributed by atoms with van der Waals surface area (Å²) < 4.78 is 62.8. The standard InChI is InChI=1S/C18H26O5.C17H24O6.2C17H24O5.C16H22O6.C16H22O5/c1-12(2)14(20)22-5-13(19)23-18-9-15(3)6-16(4,10-18)8-17(21,7-15)11-18;1-11(2)13(19)22-4-12(18)23-17-7-14(3)5-15(20,9-17)8-16(21,6-14)10-17;1-11(2)14(19)21-7-13(18)22-17-6-12-4-15(3,9-17)8-16(20,5-12)10-17;1-4-12(18)21-5-13(19)22-17-9-14(2)6-15(3,10-17)8-16(20,7-14)11-17;1-3-11(17)21-4-12(18)22-16-7-13(2)5-14(19,9-16)8-15(20,6-13)10-16;1-3-12(17)20-7-13(18)21-16-6-11-4-14(2,9-16)8-15(19,5-11)10-16/h21H,1,5-11H2,2-4H3;20-21H,1,4-10H2,2-3H3;12,20H,1,4-10H2,2-3H3;4,20H,1,5-11H2,2-3H3;3,19-20H,1,4-10H2,2H3;3,11,19H,1,4-10H2,2H3. The lowest BCUT2D eigenvalue weighted by molar-refractivity contribution is -0.284. The first-order valence-corrected chi connectivity index (χ1v) is 47.0. The van der Waals surface area contributed by atoms with Gasteiger partial charge in [-0.15, -0.1) is 0 Å². The molecule has 8 N–H and O–H groups in total. The second-order valence-corrected chi connectivity index (χ2v) is 49.0. The molecule has 0 radical (unpaired) electrons. The molecular weight excluding hydrogens is 1730 g/mol. The fraction of sp³-hybridized carbons (Fsp3) is 0.762. The van der Waals surface area contributed by atoms with Gasteiger partial charge in [0, 0.05) is 99.2 Å². The lowest BCUT2D eigenvalue weighted by Gasteiger charge is -2.67. The van der Waals surface area contributed by atoms with Crippen LogP contribution in [-0.2, 0) is 114 Å². The van der Waals surface area contributed by atoms with Crippen LogP contribution in [0.1, 0.15) is 307 Å². The van der Waals surface area contributed by atoms with E-state index in [9.17, 15) is 98.4 Å². The molecule has 24 saturated carbocycles. The second-order valence-electron chi connectivity index (χ2n) is 49.0. The first kappa shape index (κ1) is 102. The lowest BCUT2D eigenvalue weighted by Crippen LogP contribution is -2.69. The van der Waals surface area contributed by atoms with Crippen molar-refractivity contribution in [3.05, 3.63) is 74.4 Å². The van der Waals surface area contributed by atoms with Crippen LogP contribution in [0, 0.1) is 55.2 Å². The van der Waals surface area contributed by atoms with Gasteiger partial charge in [0.25, 0.3) is 0 Å². The van der Waals surface area contributed by atoms with Gasteiger partial charge in [-0.2, -0.15) is 0 Å².